The number of carbonyl (C=O) groups excluding carboxylic acids is 2. The minimum absolute atomic E-state index is 0.287. The molecule has 0 spiro atoms. The fourth-order valence-corrected chi connectivity index (χ4v) is 3.53. The van der Waals surface area contributed by atoms with Crippen LogP contribution in [0.2, 0.25) is 0 Å². The molecule has 0 saturated carbocycles. The molecule has 0 unspecified atom stereocenters. The Morgan fingerprint density at radius 2 is 1.61 bits per heavy atom. The molecule has 0 amide bonds. The first-order valence-electron chi connectivity index (χ1n) is 9.24. The summed E-state index contributed by atoms with van der Waals surface area (Å²) in [5, 5.41) is 0. The molecular formula is C23H25NO4. The highest BCUT2D eigenvalue weighted by Crippen LogP contribution is 2.39. The fourth-order valence-electron chi connectivity index (χ4n) is 3.53. The second kappa shape index (κ2) is 7.98. The number of anilines is 2. The molecule has 1 heterocycles. The lowest BCUT2D eigenvalue weighted by atomic mass is 9.73. The third-order valence-electron chi connectivity index (χ3n) is 5.36. The van der Waals surface area contributed by atoms with Gasteiger partial charge >= 0.3 is 5.97 Å². The first-order valence-corrected chi connectivity index (χ1v) is 9.24. The number of hydrogen-bond donors (Lipinski definition) is 0. The first-order chi connectivity index (χ1) is 13.4. The van der Waals surface area contributed by atoms with E-state index >= 15 is 0 Å². The summed E-state index contributed by atoms with van der Waals surface area (Å²) in [5.74, 6) is -0.944. The average molecular weight is 379 g/mol. The minimum Gasteiger partial charge on any atom is -0.468 e. The van der Waals surface area contributed by atoms with Crippen LogP contribution in [-0.4, -0.2) is 37.6 Å². The summed E-state index contributed by atoms with van der Waals surface area (Å²) in [6.45, 7) is 7.49. The zero-order valence-electron chi connectivity index (χ0n) is 16.4. The number of rotatable bonds is 5. The van der Waals surface area contributed by atoms with Crippen molar-refractivity contribution >= 4 is 23.1 Å². The molecule has 1 aliphatic heterocycles. The van der Waals surface area contributed by atoms with Gasteiger partial charge in [-0.05, 0) is 38.1 Å². The lowest BCUT2D eigenvalue weighted by Crippen LogP contribution is -2.58. The van der Waals surface area contributed by atoms with Gasteiger partial charge < -0.3 is 14.4 Å². The number of nitrogens with zero attached hydrogens (tertiary/aromatic N) is 1. The molecule has 1 fully saturated rings. The van der Waals surface area contributed by atoms with Crippen LogP contribution >= 0.6 is 0 Å². The summed E-state index contributed by atoms with van der Waals surface area (Å²) in [6, 6.07) is 19.6. The predicted molar refractivity (Wildman–Crippen MR) is 108 cm³/mol. The van der Waals surface area contributed by atoms with Crippen molar-refractivity contribution < 1.29 is 19.1 Å². The van der Waals surface area contributed by atoms with E-state index in [0.29, 0.717) is 6.54 Å². The van der Waals surface area contributed by atoms with E-state index in [1.807, 2.05) is 65.6 Å². The van der Waals surface area contributed by atoms with E-state index in [1.165, 1.54) is 7.11 Å². The van der Waals surface area contributed by atoms with E-state index in [0.717, 1.165) is 11.4 Å². The van der Waals surface area contributed by atoms with Gasteiger partial charge in [0.05, 0.1) is 25.9 Å². The van der Waals surface area contributed by atoms with Crippen molar-refractivity contribution in [3.05, 3.63) is 72.8 Å². The van der Waals surface area contributed by atoms with Crippen LogP contribution in [0.5, 0.6) is 0 Å². The van der Waals surface area contributed by atoms with Gasteiger partial charge in [0.1, 0.15) is 0 Å². The molecule has 1 aliphatic rings. The molecule has 5 nitrogen and oxygen atoms in total. The quantitative estimate of drug-likeness (QED) is 0.448. The predicted octanol–water partition coefficient (Wildman–Crippen LogP) is 3.92. The Morgan fingerprint density at radius 1 is 1.11 bits per heavy atom. The average Bonchev–Trinajstić information content (AvgIpc) is 2.74. The van der Waals surface area contributed by atoms with E-state index in [-0.39, 0.29) is 11.4 Å². The van der Waals surface area contributed by atoms with Crippen molar-refractivity contribution in [2.45, 2.75) is 26.1 Å². The number of Topliss-reactive ketones (excluding diaryl/α,β-unsaturated/α-hetero) is 1. The maximum absolute atomic E-state index is 13.0. The highest BCUT2D eigenvalue weighted by atomic mass is 16.5. The molecule has 0 N–H and O–H groups in total. The number of esters is 1. The highest BCUT2D eigenvalue weighted by molar-refractivity contribution is 6.13. The first kappa shape index (κ1) is 19.8. The Kier molecular flexibility index (Phi) is 5.66. The summed E-state index contributed by atoms with van der Waals surface area (Å²) >= 11 is 0. The van der Waals surface area contributed by atoms with Gasteiger partial charge in [0.25, 0.3) is 0 Å². The zero-order valence-corrected chi connectivity index (χ0v) is 16.4. The maximum Gasteiger partial charge on any atom is 0.322 e. The smallest absolute Gasteiger partial charge is 0.322 e. The van der Waals surface area contributed by atoms with Gasteiger partial charge in [-0.1, -0.05) is 43.0 Å². The van der Waals surface area contributed by atoms with Gasteiger partial charge in [0, 0.05) is 16.9 Å². The van der Waals surface area contributed by atoms with Crippen molar-refractivity contribution in [3.8, 4) is 0 Å². The largest absolute Gasteiger partial charge is 0.468 e. The molecule has 3 atom stereocenters. The Balaban J connectivity index is 2.04. The van der Waals surface area contributed by atoms with Gasteiger partial charge in [-0.2, -0.15) is 0 Å². The molecule has 2 aromatic carbocycles. The van der Waals surface area contributed by atoms with Crippen molar-refractivity contribution in [3.63, 3.8) is 0 Å². The van der Waals surface area contributed by atoms with Crippen LogP contribution in [0, 0.1) is 5.41 Å². The van der Waals surface area contributed by atoms with Crippen molar-refractivity contribution in [2.75, 3.05) is 18.6 Å². The number of ether oxygens (including phenoxy) is 2. The molecule has 146 valence electrons. The Labute approximate surface area is 165 Å². The third kappa shape index (κ3) is 3.45. The minimum atomic E-state index is -1.46. The Bertz CT molecular complexity index is 825. The second-order valence-electron chi connectivity index (χ2n) is 7.10. The molecule has 28 heavy (non-hydrogen) atoms. The van der Waals surface area contributed by atoms with Crippen LogP contribution < -0.4 is 4.90 Å². The monoisotopic (exact) mass is 379 g/mol. The molecule has 0 radical (unpaired) electrons. The molecule has 1 saturated heterocycles. The lowest BCUT2D eigenvalue weighted by molar-refractivity contribution is -0.173. The summed E-state index contributed by atoms with van der Waals surface area (Å²) in [7, 11) is 1.28. The highest BCUT2D eigenvalue weighted by Gasteiger charge is 2.55. The standard InChI is InChI=1S/C23H25NO4/c1-16-17(2)28-20(23(3,21(16)25)22(26)27-4)15-24(18-11-7-5-8-12-18)19-13-9-6-10-14-19/h5-14,17,20H,1,15H2,2-4H3/t17-,20+,23+/m0/s1. The van der Waals surface area contributed by atoms with E-state index in [2.05, 4.69) is 6.58 Å². The molecule has 3 rings (SSSR count). The van der Waals surface area contributed by atoms with Gasteiger partial charge in [-0.25, -0.2) is 0 Å². The van der Waals surface area contributed by atoms with Gasteiger partial charge in [-0.3, -0.25) is 9.59 Å². The molecule has 2 aromatic rings. The number of para-hydroxylation sites is 2. The Morgan fingerprint density at radius 3 is 2.07 bits per heavy atom. The number of ketones is 1. The number of carbonyl (C=O) groups is 2. The summed E-state index contributed by atoms with van der Waals surface area (Å²) in [6.07, 6.45) is -1.17. The molecule has 0 aliphatic carbocycles. The van der Waals surface area contributed by atoms with Crippen LogP contribution in [0.25, 0.3) is 0 Å². The lowest BCUT2D eigenvalue weighted by Gasteiger charge is -2.43. The molecule has 0 bridgehead atoms. The van der Waals surface area contributed by atoms with Crippen LogP contribution in [0.15, 0.2) is 72.8 Å². The van der Waals surface area contributed by atoms with Crippen LogP contribution in [0.4, 0.5) is 11.4 Å². The van der Waals surface area contributed by atoms with Crippen molar-refractivity contribution in [1.29, 1.82) is 0 Å². The van der Waals surface area contributed by atoms with Gasteiger partial charge in [0.2, 0.25) is 0 Å². The normalized spacial score (nSPS) is 24.7. The zero-order chi connectivity index (χ0) is 20.3. The van der Waals surface area contributed by atoms with E-state index in [9.17, 15) is 9.59 Å². The topological polar surface area (TPSA) is 55.8 Å². The Hall–Kier alpha value is -2.92. The molecule has 5 heteroatoms. The van der Waals surface area contributed by atoms with Crippen molar-refractivity contribution in [1.82, 2.24) is 0 Å². The van der Waals surface area contributed by atoms with E-state index in [1.54, 1.807) is 13.8 Å². The maximum atomic E-state index is 13.0. The molecular weight excluding hydrogens is 354 g/mol. The number of benzene rings is 2. The van der Waals surface area contributed by atoms with E-state index in [4.69, 9.17) is 9.47 Å². The van der Waals surface area contributed by atoms with Gasteiger partial charge in [0.15, 0.2) is 11.2 Å². The summed E-state index contributed by atoms with van der Waals surface area (Å²) in [4.78, 5) is 27.7. The SMILES string of the molecule is C=C1C(=O)[C@](C)(C(=O)OC)[C@@H](CN(c2ccccc2)c2ccccc2)O[C@H]1C. The van der Waals surface area contributed by atoms with Crippen LogP contribution in [-0.2, 0) is 19.1 Å². The number of methoxy groups -OCH3 is 1. The van der Waals surface area contributed by atoms with E-state index < -0.39 is 23.6 Å². The second-order valence-corrected chi connectivity index (χ2v) is 7.10. The fraction of sp³-hybridized carbons (Fsp3) is 0.304. The summed E-state index contributed by atoms with van der Waals surface area (Å²) < 4.78 is 11.1. The van der Waals surface area contributed by atoms with Crippen molar-refractivity contribution in [2.24, 2.45) is 5.41 Å². The third-order valence-corrected chi connectivity index (χ3v) is 5.36. The van der Waals surface area contributed by atoms with Crippen LogP contribution in [0.3, 0.4) is 0 Å². The summed E-state index contributed by atoms with van der Waals surface area (Å²) in [5.41, 5.74) is 0.707. The number of hydrogen-bond acceptors (Lipinski definition) is 5. The van der Waals surface area contributed by atoms with Gasteiger partial charge in [-0.15, -0.1) is 0 Å². The molecule has 0 aromatic heterocycles. The van der Waals surface area contributed by atoms with Crippen LogP contribution in [0.1, 0.15) is 13.8 Å².